The molecule has 8 nitrogen and oxygen atoms in total. The summed E-state index contributed by atoms with van der Waals surface area (Å²) in [7, 11) is 0. The van der Waals surface area contributed by atoms with Crippen LogP contribution in [0.1, 0.15) is 17.0 Å². The number of pyridine rings is 3. The van der Waals surface area contributed by atoms with E-state index in [1.807, 2.05) is 32.0 Å². The Morgan fingerprint density at radius 3 is 2.13 bits per heavy atom. The minimum absolute atomic E-state index is 0.223. The van der Waals surface area contributed by atoms with Crippen molar-refractivity contribution < 1.29 is 0 Å². The first-order valence-electron chi connectivity index (χ1n) is 9.47. The molecule has 30 heavy (non-hydrogen) atoms. The SMILES string of the molecule is Cc1ccc(C)c(-n2ccc3nc4ccn(-c5n[nH]c(C)n5)c(=O)c4cc3c2=O)c1. The van der Waals surface area contributed by atoms with E-state index in [0.29, 0.717) is 27.6 Å². The molecule has 0 bridgehead atoms. The predicted molar refractivity (Wildman–Crippen MR) is 115 cm³/mol. The molecule has 0 radical (unpaired) electrons. The maximum atomic E-state index is 13.3. The van der Waals surface area contributed by atoms with E-state index < -0.39 is 0 Å². The highest BCUT2D eigenvalue weighted by Crippen LogP contribution is 2.18. The van der Waals surface area contributed by atoms with Gasteiger partial charge in [-0.25, -0.2) is 9.55 Å². The molecule has 5 rings (SSSR count). The lowest BCUT2D eigenvalue weighted by atomic mass is 10.1. The van der Waals surface area contributed by atoms with Gasteiger partial charge in [0, 0.05) is 12.4 Å². The molecule has 4 heterocycles. The molecule has 8 heteroatoms. The average molecular weight is 398 g/mol. The number of hydrogen-bond donors (Lipinski definition) is 1. The molecule has 0 aliphatic heterocycles. The summed E-state index contributed by atoms with van der Waals surface area (Å²) < 4.78 is 2.93. The molecule has 0 saturated heterocycles. The number of rotatable bonds is 2. The fourth-order valence-corrected chi connectivity index (χ4v) is 3.59. The van der Waals surface area contributed by atoms with E-state index in [2.05, 4.69) is 20.2 Å². The normalized spacial score (nSPS) is 11.4. The van der Waals surface area contributed by atoms with Gasteiger partial charge in [-0.1, -0.05) is 12.1 Å². The van der Waals surface area contributed by atoms with Gasteiger partial charge in [0.2, 0.25) is 0 Å². The Hall–Kier alpha value is -4.07. The van der Waals surface area contributed by atoms with Crippen molar-refractivity contribution in [2.24, 2.45) is 0 Å². The Kier molecular flexibility index (Phi) is 3.89. The number of hydrogen-bond acceptors (Lipinski definition) is 5. The van der Waals surface area contributed by atoms with Gasteiger partial charge in [0.1, 0.15) is 5.82 Å². The van der Waals surface area contributed by atoms with Gasteiger partial charge in [-0.2, -0.15) is 4.98 Å². The molecule has 4 aromatic heterocycles. The van der Waals surface area contributed by atoms with Crippen molar-refractivity contribution in [3.05, 3.63) is 86.5 Å². The Labute approximate surface area is 170 Å². The van der Waals surface area contributed by atoms with E-state index in [4.69, 9.17) is 0 Å². The summed E-state index contributed by atoms with van der Waals surface area (Å²) in [6.07, 6.45) is 3.31. The maximum Gasteiger partial charge on any atom is 0.267 e. The first-order chi connectivity index (χ1) is 14.4. The monoisotopic (exact) mass is 398 g/mol. The second-order valence-corrected chi connectivity index (χ2v) is 7.35. The molecule has 0 atom stereocenters. The second kappa shape index (κ2) is 6.48. The number of nitrogens with zero attached hydrogens (tertiary/aromatic N) is 5. The van der Waals surface area contributed by atoms with E-state index in [9.17, 15) is 9.59 Å². The van der Waals surface area contributed by atoms with Crippen LogP contribution in [0.3, 0.4) is 0 Å². The van der Waals surface area contributed by atoms with Crippen LogP contribution in [-0.4, -0.2) is 29.3 Å². The first-order valence-corrected chi connectivity index (χ1v) is 9.47. The Morgan fingerprint density at radius 1 is 0.800 bits per heavy atom. The molecule has 1 N–H and O–H groups in total. The minimum Gasteiger partial charge on any atom is -0.283 e. The van der Waals surface area contributed by atoms with E-state index in [1.54, 1.807) is 42.1 Å². The first kappa shape index (κ1) is 18.0. The molecule has 0 unspecified atom stereocenters. The van der Waals surface area contributed by atoms with Crippen LogP contribution in [0.4, 0.5) is 0 Å². The smallest absolute Gasteiger partial charge is 0.267 e. The van der Waals surface area contributed by atoms with Gasteiger partial charge < -0.3 is 0 Å². The summed E-state index contributed by atoms with van der Waals surface area (Å²) in [6, 6.07) is 11.1. The van der Waals surface area contributed by atoms with E-state index in [1.165, 1.54) is 4.57 Å². The van der Waals surface area contributed by atoms with Gasteiger partial charge >= 0.3 is 0 Å². The largest absolute Gasteiger partial charge is 0.283 e. The van der Waals surface area contributed by atoms with Crippen molar-refractivity contribution >= 4 is 21.8 Å². The molecule has 5 aromatic rings. The highest BCUT2D eigenvalue weighted by Gasteiger charge is 2.13. The zero-order valence-electron chi connectivity index (χ0n) is 16.7. The topological polar surface area (TPSA) is 98.5 Å². The highest BCUT2D eigenvalue weighted by molar-refractivity contribution is 5.91. The van der Waals surface area contributed by atoms with Crippen LogP contribution >= 0.6 is 0 Å². The van der Waals surface area contributed by atoms with Crippen LogP contribution in [-0.2, 0) is 0 Å². The van der Waals surface area contributed by atoms with Crippen molar-refractivity contribution in [1.29, 1.82) is 0 Å². The van der Waals surface area contributed by atoms with Crippen molar-refractivity contribution in [2.45, 2.75) is 20.8 Å². The van der Waals surface area contributed by atoms with Crippen LogP contribution in [0.5, 0.6) is 0 Å². The molecule has 0 aliphatic carbocycles. The number of aromatic amines is 1. The van der Waals surface area contributed by atoms with Crippen LogP contribution in [0, 0.1) is 20.8 Å². The molecular weight excluding hydrogens is 380 g/mol. The lowest BCUT2D eigenvalue weighted by Crippen LogP contribution is -2.21. The number of nitrogens with one attached hydrogen (secondary N) is 1. The second-order valence-electron chi connectivity index (χ2n) is 7.35. The predicted octanol–water partition coefficient (Wildman–Crippen LogP) is 2.73. The Morgan fingerprint density at radius 2 is 1.47 bits per heavy atom. The summed E-state index contributed by atoms with van der Waals surface area (Å²) in [4.78, 5) is 35.1. The maximum absolute atomic E-state index is 13.3. The van der Waals surface area contributed by atoms with Gasteiger partial charge in [0.05, 0.1) is 27.5 Å². The summed E-state index contributed by atoms with van der Waals surface area (Å²) in [6.45, 7) is 5.70. The van der Waals surface area contributed by atoms with Crippen molar-refractivity contribution in [2.75, 3.05) is 0 Å². The van der Waals surface area contributed by atoms with Crippen molar-refractivity contribution in [3.63, 3.8) is 0 Å². The highest BCUT2D eigenvalue weighted by atomic mass is 16.1. The summed E-state index contributed by atoms with van der Waals surface area (Å²) in [5.74, 6) is 0.852. The van der Waals surface area contributed by atoms with E-state index in [0.717, 1.165) is 16.8 Å². The van der Waals surface area contributed by atoms with Gasteiger partial charge in [-0.05, 0) is 56.2 Å². The summed E-state index contributed by atoms with van der Waals surface area (Å²) in [5, 5.41) is 7.49. The lowest BCUT2D eigenvalue weighted by molar-refractivity contribution is 0.901. The molecule has 0 aliphatic rings. The van der Waals surface area contributed by atoms with Gasteiger partial charge in [0.25, 0.3) is 17.1 Å². The van der Waals surface area contributed by atoms with Crippen LogP contribution in [0.25, 0.3) is 33.4 Å². The molecule has 148 valence electrons. The average Bonchev–Trinajstić information content (AvgIpc) is 3.16. The van der Waals surface area contributed by atoms with Gasteiger partial charge in [-0.3, -0.25) is 19.3 Å². The molecule has 0 fully saturated rings. The third kappa shape index (κ3) is 2.73. The van der Waals surface area contributed by atoms with Gasteiger partial charge in [-0.15, -0.1) is 5.10 Å². The van der Waals surface area contributed by atoms with Crippen molar-refractivity contribution in [1.82, 2.24) is 29.3 Å². The molecule has 0 spiro atoms. The number of fused-ring (bicyclic) bond motifs is 2. The third-order valence-corrected chi connectivity index (χ3v) is 5.17. The number of H-pyrrole nitrogens is 1. The minimum atomic E-state index is -0.331. The fraction of sp³-hybridized carbons (Fsp3) is 0.136. The number of aryl methyl sites for hydroxylation is 3. The van der Waals surface area contributed by atoms with E-state index in [-0.39, 0.29) is 17.1 Å². The molecule has 1 aromatic carbocycles. The van der Waals surface area contributed by atoms with Gasteiger partial charge in [0.15, 0.2) is 0 Å². The third-order valence-electron chi connectivity index (χ3n) is 5.17. The summed E-state index contributed by atoms with van der Waals surface area (Å²) in [5.41, 5.74) is 3.35. The standard InChI is InChI=1S/C22H18N6O2/c1-12-4-5-13(2)19(10-12)27-8-6-17-15(20(27)29)11-16-18(24-17)7-9-28(21(16)30)22-23-14(3)25-26-22/h4-11H,1-3H3,(H,23,25,26). The molecular formula is C22H18N6O2. The quantitative estimate of drug-likeness (QED) is 0.461. The fourth-order valence-electron chi connectivity index (χ4n) is 3.59. The zero-order chi connectivity index (χ0) is 21.0. The zero-order valence-corrected chi connectivity index (χ0v) is 16.7. The summed E-state index contributed by atoms with van der Waals surface area (Å²) >= 11 is 0. The Bertz CT molecular complexity index is 1570. The van der Waals surface area contributed by atoms with Crippen LogP contribution < -0.4 is 11.1 Å². The van der Waals surface area contributed by atoms with Crippen LogP contribution in [0.15, 0.2) is 58.4 Å². The van der Waals surface area contributed by atoms with Crippen molar-refractivity contribution in [3.8, 4) is 11.6 Å². The van der Waals surface area contributed by atoms with E-state index >= 15 is 0 Å². The number of aromatic nitrogens is 6. The lowest BCUT2D eigenvalue weighted by Gasteiger charge is -2.11. The Balaban J connectivity index is 1.79. The molecule has 0 amide bonds. The number of benzene rings is 1. The molecule has 0 saturated carbocycles. The van der Waals surface area contributed by atoms with Crippen LogP contribution in [0.2, 0.25) is 0 Å².